The van der Waals surface area contributed by atoms with E-state index in [9.17, 15) is 0 Å². The molecule has 0 aliphatic heterocycles. The standard InChI is InChI=1S/C18H26N4OS/c1-13-6-5-7-14(2)17(13)23-11-10-21-18(19-4)20-9-8-16-12-24-15(3)22-16/h5-7,12H,8-11H2,1-4H3,(H2,19,20,21). The third-order valence-electron chi connectivity index (χ3n) is 3.61. The number of thiazole rings is 1. The molecule has 0 atom stereocenters. The molecule has 0 aliphatic rings. The summed E-state index contributed by atoms with van der Waals surface area (Å²) in [5, 5.41) is 9.77. The lowest BCUT2D eigenvalue weighted by Gasteiger charge is -2.14. The van der Waals surface area contributed by atoms with Crippen LogP contribution in [0.4, 0.5) is 0 Å². The minimum Gasteiger partial charge on any atom is -0.491 e. The number of hydrogen-bond donors (Lipinski definition) is 2. The molecule has 1 heterocycles. The molecule has 0 spiro atoms. The Bertz CT molecular complexity index is 661. The number of aliphatic imine (C=N–C) groups is 1. The molecule has 0 saturated carbocycles. The van der Waals surface area contributed by atoms with Crippen LogP contribution in [0.15, 0.2) is 28.6 Å². The number of hydrogen-bond acceptors (Lipinski definition) is 4. The summed E-state index contributed by atoms with van der Waals surface area (Å²) in [5.74, 6) is 1.76. The first-order valence-corrected chi connectivity index (χ1v) is 9.02. The Kier molecular flexibility index (Phi) is 7.06. The van der Waals surface area contributed by atoms with E-state index in [4.69, 9.17) is 4.74 Å². The number of rotatable bonds is 7. The molecule has 0 radical (unpaired) electrons. The first kappa shape index (κ1) is 18.3. The summed E-state index contributed by atoms with van der Waals surface area (Å²) in [7, 11) is 1.77. The fourth-order valence-electron chi connectivity index (χ4n) is 2.40. The zero-order valence-corrected chi connectivity index (χ0v) is 15.7. The van der Waals surface area contributed by atoms with Crippen LogP contribution in [-0.4, -0.2) is 37.7 Å². The number of benzene rings is 1. The second-order valence-electron chi connectivity index (χ2n) is 5.60. The third-order valence-corrected chi connectivity index (χ3v) is 4.44. The molecule has 5 nitrogen and oxygen atoms in total. The summed E-state index contributed by atoms with van der Waals surface area (Å²) in [4.78, 5) is 8.68. The lowest BCUT2D eigenvalue weighted by Crippen LogP contribution is -2.40. The highest BCUT2D eigenvalue weighted by atomic mass is 32.1. The second-order valence-corrected chi connectivity index (χ2v) is 6.67. The molecule has 0 unspecified atom stereocenters. The van der Waals surface area contributed by atoms with E-state index in [0.29, 0.717) is 13.2 Å². The number of nitrogens with zero attached hydrogens (tertiary/aromatic N) is 2. The maximum Gasteiger partial charge on any atom is 0.191 e. The average Bonchev–Trinajstić information content (AvgIpc) is 2.97. The molecule has 1 aromatic carbocycles. The lowest BCUT2D eigenvalue weighted by molar-refractivity contribution is 0.317. The van der Waals surface area contributed by atoms with Crippen molar-refractivity contribution in [1.82, 2.24) is 15.6 Å². The smallest absolute Gasteiger partial charge is 0.191 e. The molecular formula is C18H26N4OS. The highest BCUT2D eigenvalue weighted by Gasteiger charge is 2.04. The summed E-state index contributed by atoms with van der Waals surface area (Å²) >= 11 is 1.68. The van der Waals surface area contributed by atoms with Crippen molar-refractivity contribution < 1.29 is 4.74 Å². The Morgan fingerprint density at radius 3 is 2.50 bits per heavy atom. The molecule has 2 rings (SSSR count). The first-order chi connectivity index (χ1) is 11.6. The molecular weight excluding hydrogens is 320 g/mol. The number of guanidine groups is 1. The van der Waals surface area contributed by atoms with E-state index >= 15 is 0 Å². The van der Waals surface area contributed by atoms with Crippen LogP contribution in [0.1, 0.15) is 21.8 Å². The predicted molar refractivity (Wildman–Crippen MR) is 101 cm³/mol. The molecule has 0 bridgehead atoms. The van der Waals surface area contributed by atoms with Gasteiger partial charge in [0, 0.05) is 25.4 Å². The second kappa shape index (κ2) is 9.27. The summed E-state index contributed by atoms with van der Waals surface area (Å²) in [6, 6.07) is 6.18. The summed E-state index contributed by atoms with van der Waals surface area (Å²) < 4.78 is 5.89. The van der Waals surface area contributed by atoms with Gasteiger partial charge in [0.1, 0.15) is 12.4 Å². The number of aryl methyl sites for hydroxylation is 3. The number of ether oxygens (including phenoxy) is 1. The molecule has 0 saturated heterocycles. The number of para-hydroxylation sites is 1. The molecule has 1 aromatic heterocycles. The maximum atomic E-state index is 5.89. The van der Waals surface area contributed by atoms with Crippen LogP contribution < -0.4 is 15.4 Å². The Morgan fingerprint density at radius 2 is 1.88 bits per heavy atom. The Balaban J connectivity index is 1.68. The fourth-order valence-corrected chi connectivity index (χ4v) is 3.05. The van der Waals surface area contributed by atoms with Gasteiger partial charge in [-0.2, -0.15) is 0 Å². The van der Waals surface area contributed by atoms with Crippen molar-refractivity contribution >= 4 is 17.3 Å². The van der Waals surface area contributed by atoms with E-state index in [-0.39, 0.29) is 0 Å². The molecule has 2 aromatic rings. The van der Waals surface area contributed by atoms with Crippen molar-refractivity contribution in [2.45, 2.75) is 27.2 Å². The normalized spacial score (nSPS) is 11.4. The van der Waals surface area contributed by atoms with E-state index in [0.717, 1.165) is 46.5 Å². The zero-order chi connectivity index (χ0) is 17.4. The predicted octanol–water partition coefficient (Wildman–Crippen LogP) is 2.85. The van der Waals surface area contributed by atoms with Gasteiger partial charge >= 0.3 is 0 Å². The minimum atomic E-state index is 0.595. The number of aromatic nitrogens is 1. The van der Waals surface area contributed by atoms with E-state index in [2.05, 4.69) is 52.0 Å². The maximum absolute atomic E-state index is 5.89. The zero-order valence-electron chi connectivity index (χ0n) is 14.8. The van der Waals surface area contributed by atoms with E-state index in [1.54, 1.807) is 18.4 Å². The highest BCUT2D eigenvalue weighted by molar-refractivity contribution is 7.09. The summed E-state index contributed by atoms with van der Waals surface area (Å²) in [5.41, 5.74) is 3.45. The Morgan fingerprint density at radius 1 is 1.17 bits per heavy atom. The van der Waals surface area contributed by atoms with Crippen LogP contribution in [0.2, 0.25) is 0 Å². The van der Waals surface area contributed by atoms with E-state index in [1.807, 2.05) is 13.0 Å². The van der Waals surface area contributed by atoms with Gasteiger partial charge in [0.15, 0.2) is 5.96 Å². The van der Waals surface area contributed by atoms with Crippen molar-refractivity contribution in [2.24, 2.45) is 4.99 Å². The number of nitrogens with one attached hydrogen (secondary N) is 2. The highest BCUT2D eigenvalue weighted by Crippen LogP contribution is 2.21. The van der Waals surface area contributed by atoms with E-state index in [1.165, 1.54) is 0 Å². The largest absolute Gasteiger partial charge is 0.491 e. The molecule has 2 N–H and O–H groups in total. The van der Waals surface area contributed by atoms with Gasteiger partial charge in [0.2, 0.25) is 0 Å². The minimum absolute atomic E-state index is 0.595. The monoisotopic (exact) mass is 346 g/mol. The molecule has 6 heteroatoms. The molecule has 0 amide bonds. The van der Waals surface area contributed by atoms with Crippen molar-refractivity contribution in [3.8, 4) is 5.75 Å². The quantitative estimate of drug-likeness (QED) is 0.460. The van der Waals surface area contributed by atoms with Crippen LogP contribution >= 0.6 is 11.3 Å². The summed E-state index contributed by atoms with van der Waals surface area (Å²) in [6.07, 6.45) is 0.893. The van der Waals surface area contributed by atoms with Gasteiger partial charge in [-0.15, -0.1) is 11.3 Å². The summed E-state index contributed by atoms with van der Waals surface area (Å²) in [6.45, 7) is 8.26. The van der Waals surface area contributed by atoms with Gasteiger partial charge in [0.05, 0.1) is 17.2 Å². The van der Waals surface area contributed by atoms with Gasteiger partial charge < -0.3 is 15.4 Å². The van der Waals surface area contributed by atoms with Crippen LogP contribution in [0.5, 0.6) is 5.75 Å². The molecule has 0 aliphatic carbocycles. The van der Waals surface area contributed by atoms with Gasteiger partial charge in [-0.05, 0) is 31.9 Å². The van der Waals surface area contributed by atoms with Crippen molar-refractivity contribution in [2.75, 3.05) is 26.7 Å². The van der Waals surface area contributed by atoms with Crippen LogP contribution in [0, 0.1) is 20.8 Å². The molecule has 0 fully saturated rings. The lowest BCUT2D eigenvalue weighted by atomic mass is 10.1. The average molecular weight is 347 g/mol. The van der Waals surface area contributed by atoms with Gasteiger partial charge in [-0.25, -0.2) is 4.98 Å². The van der Waals surface area contributed by atoms with Crippen molar-refractivity contribution in [3.63, 3.8) is 0 Å². The van der Waals surface area contributed by atoms with Crippen molar-refractivity contribution in [3.05, 3.63) is 45.4 Å². The van der Waals surface area contributed by atoms with Crippen LogP contribution in [0.3, 0.4) is 0 Å². The Labute approximate surface area is 148 Å². The Hall–Kier alpha value is -2.08. The molecule has 24 heavy (non-hydrogen) atoms. The van der Waals surface area contributed by atoms with Crippen LogP contribution in [-0.2, 0) is 6.42 Å². The molecule has 130 valence electrons. The van der Waals surface area contributed by atoms with Crippen LogP contribution in [0.25, 0.3) is 0 Å². The van der Waals surface area contributed by atoms with Crippen molar-refractivity contribution in [1.29, 1.82) is 0 Å². The fraction of sp³-hybridized carbons (Fsp3) is 0.444. The van der Waals surface area contributed by atoms with Gasteiger partial charge in [0.25, 0.3) is 0 Å². The SMILES string of the molecule is CN=C(NCCOc1c(C)cccc1C)NCCc1csc(C)n1. The van der Waals surface area contributed by atoms with Gasteiger partial charge in [-0.1, -0.05) is 18.2 Å². The van der Waals surface area contributed by atoms with Gasteiger partial charge in [-0.3, -0.25) is 4.99 Å². The van der Waals surface area contributed by atoms with E-state index < -0.39 is 0 Å². The first-order valence-electron chi connectivity index (χ1n) is 8.14. The topological polar surface area (TPSA) is 58.5 Å². The third kappa shape index (κ3) is 5.53.